The van der Waals surface area contributed by atoms with Crippen LogP contribution < -0.4 is 5.56 Å². The number of aryl methyl sites for hydroxylation is 1. The van der Waals surface area contributed by atoms with Crippen LogP contribution in [-0.4, -0.2) is 9.55 Å². The van der Waals surface area contributed by atoms with E-state index >= 15 is 0 Å². The Bertz CT molecular complexity index is 512. The Morgan fingerprint density at radius 2 is 2.36 bits per heavy atom. The lowest BCUT2D eigenvalue weighted by molar-refractivity contribution is 0.718. The third-order valence-electron chi connectivity index (χ3n) is 2.25. The van der Waals surface area contributed by atoms with Gasteiger partial charge in [-0.05, 0) is 17.9 Å². The topological polar surface area (TPSA) is 34.9 Å². The molecule has 14 heavy (non-hydrogen) atoms. The number of hydrogen-bond acceptors (Lipinski definition) is 3. The van der Waals surface area contributed by atoms with Gasteiger partial charge in [-0.1, -0.05) is 6.92 Å². The molecule has 0 aliphatic rings. The van der Waals surface area contributed by atoms with E-state index < -0.39 is 0 Å². The van der Waals surface area contributed by atoms with E-state index in [0.717, 1.165) is 28.9 Å². The Balaban J connectivity index is 2.74. The van der Waals surface area contributed by atoms with Crippen molar-refractivity contribution < 1.29 is 0 Å². The lowest BCUT2D eigenvalue weighted by Crippen LogP contribution is -2.21. The Hall–Kier alpha value is -1.16. The first-order valence-electron chi connectivity index (χ1n) is 4.67. The molecule has 0 aromatic carbocycles. The molecule has 2 aromatic heterocycles. The van der Waals surface area contributed by atoms with Gasteiger partial charge >= 0.3 is 0 Å². The number of fused-ring (bicyclic) bond motifs is 1. The average molecular weight is 208 g/mol. The van der Waals surface area contributed by atoms with E-state index in [-0.39, 0.29) is 5.56 Å². The average Bonchev–Trinajstić information content (AvgIpc) is 2.62. The Morgan fingerprint density at radius 3 is 3.07 bits per heavy atom. The second kappa shape index (κ2) is 3.53. The highest BCUT2D eigenvalue weighted by Gasteiger charge is 2.07. The van der Waals surface area contributed by atoms with Crippen LogP contribution in [0.3, 0.4) is 0 Å². The Morgan fingerprint density at radius 1 is 1.57 bits per heavy atom. The fourth-order valence-corrected chi connectivity index (χ4v) is 2.29. The van der Waals surface area contributed by atoms with Crippen LogP contribution in [0.5, 0.6) is 0 Å². The second-order valence-electron chi connectivity index (χ2n) is 3.28. The summed E-state index contributed by atoms with van der Waals surface area (Å²) in [6.07, 6.45) is 1.87. The molecule has 74 valence electrons. The number of thiophene rings is 1. The maximum atomic E-state index is 11.8. The molecule has 0 saturated carbocycles. The van der Waals surface area contributed by atoms with Gasteiger partial charge in [0, 0.05) is 13.5 Å². The summed E-state index contributed by atoms with van der Waals surface area (Å²) in [5, 5.41) is 1.91. The van der Waals surface area contributed by atoms with Crippen molar-refractivity contribution in [3.63, 3.8) is 0 Å². The first-order valence-corrected chi connectivity index (χ1v) is 5.55. The van der Waals surface area contributed by atoms with E-state index in [0.29, 0.717) is 0 Å². The van der Waals surface area contributed by atoms with Crippen LogP contribution >= 0.6 is 11.3 Å². The van der Waals surface area contributed by atoms with Crippen molar-refractivity contribution in [2.45, 2.75) is 19.8 Å². The van der Waals surface area contributed by atoms with Gasteiger partial charge in [0.15, 0.2) is 0 Å². The van der Waals surface area contributed by atoms with Gasteiger partial charge < -0.3 is 0 Å². The predicted octanol–water partition coefficient (Wildman–Crippen LogP) is 1.95. The molecule has 0 radical (unpaired) electrons. The van der Waals surface area contributed by atoms with Crippen LogP contribution in [0.1, 0.15) is 19.2 Å². The summed E-state index contributed by atoms with van der Waals surface area (Å²) in [5.41, 5.74) is 0.912. The van der Waals surface area contributed by atoms with E-state index in [4.69, 9.17) is 0 Å². The molecule has 0 atom stereocenters. The SMILES string of the molecule is CCCc1nc2ccsc2c(=O)n1C. The molecule has 2 aromatic rings. The van der Waals surface area contributed by atoms with E-state index in [9.17, 15) is 4.79 Å². The van der Waals surface area contributed by atoms with Gasteiger partial charge in [-0.2, -0.15) is 0 Å². The lowest BCUT2D eigenvalue weighted by Gasteiger charge is -2.05. The van der Waals surface area contributed by atoms with Gasteiger partial charge in [0.2, 0.25) is 0 Å². The van der Waals surface area contributed by atoms with Crippen molar-refractivity contribution in [2.24, 2.45) is 7.05 Å². The van der Waals surface area contributed by atoms with Crippen LogP contribution in [0, 0.1) is 0 Å². The summed E-state index contributed by atoms with van der Waals surface area (Å²) in [5.74, 6) is 0.878. The Kier molecular flexibility index (Phi) is 2.37. The van der Waals surface area contributed by atoms with E-state index in [1.54, 1.807) is 11.6 Å². The highest BCUT2D eigenvalue weighted by atomic mass is 32.1. The van der Waals surface area contributed by atoms with Gasteiger partial charge in [-0.3, -0.25) is 9.36 Å². The third kappa shape index (κ3) is 1.35. The van der Waals surface area contributed by atoms with E-state index in [2.05, 4.69) is 11.9 Å². The smallest absolute Gasteiger partial charge is 0.271 e. The second-order valence-corrected chi connectivity index (χ2v) is 4.19. The van der Waals surface area contributed by atoms with Gasteiger partial charge in [0.05, 0.1) is 5.52 Å². The van der Waals surface area contributed by atoms with Gasteiger partial charge in [-0.25, -0.2) is 4.98 Å². The number of hydrogen-bond donors (Lipinski definition) is 0. The normalized spacial score (nSPS) is 11.0. The van der Waals surface area contributed by atoms with Gasteiger partial charge in [-0.15, -0.1) is 11.3 Å². The summed E-state index contributed by atoms with van der Waals surface area (Å²) in [6, 6.07) is 1.90. The summed E-state index contributed by atoms with van der Waals surface area (Å²) >= 11 is 1.46. The van der Waals surface area contributed by atoms with Crippen LogP contribution in [0.4, 0.5) is 0 Å². The fraction of sp³-hybridized carbons (Fsp3) is 0.400. The van der Waals surface area contributed by atoms with Gasteiger partial charge in [0.25, 0.3) is 5.56 Å². The maximum Gasteiger partial charge on any atom is 0.271 e. The zero-order valence-corrected chi connectivity index (χ0v) is 9.10. The van der Waals surface area contributed by atoms with Crippen molar-refractivity contribution >= 4 is 21.6 Å². The standard InChI is InChI=1S/C10H12N2OS/c1-3-4-8-11-7-5-6-14-9(7)10(13)12(8)2/h5-6H,3-4H2,1-2H3. The first-order chi connectivity index (χ1) is 6.74. The first kappa shape index (κ1) is 9.40. The molecule has 0 N–H and O–H groups in total. The maximum absolute atomic E-state index is 11.8. The minimum atomic E-state index is 0.0773. The minimum absolute atomic E-state index is 0.0773. The molecule has 0 unspecified atom stereocenters. The molecular weight excluding hydrogens is 196 g/mol. The van der Waals surface area contributed by atoms with Crippen LogP contribution in [0.15, 0.2) is 16.2 Å². The fourth-order valence-electron chi connectivity index (χ4n) is 1.48. The zero-order valence-electron chi connectivity index (χ0n) is 8.28. The molecule has 0 spiro atoms. The van der Waals surface area contributed by atoms with Crippen molar-refractivity contribution in [3.05, 3.63) is 27.6 Å². The van der Waals surface area contributed by atoms with Crippen molar-refractivity contribution in [2.75, 3.05) is 0 Å². The van der Waals surface area contributed by atoms with Crippen LogP contribution in [0.25, 0.3) is 10.2 Å². The summed E-state index contributed by atoms with van der Waals surface area (Å²) in [7, 11) is 1.79. The molecule has 0 bridgehead atoms. The molecule has 0 saturated heterocycles. The van der Waals surface area contributed by atoms with Crippen LogP contribution in [-0.2, 0) is 13.5 Å². The molecule has 0 amide bonds. The molecule has 4 heteroatoms. The van der Waals surface area contributed by atoms with E-state index in [1.807, 2.05) is 11.4 Å². The van der Waals surface area contributed by atoms with Gasteiger partial charge in [0.1, 0.15) is 10.5 Å². The molecule has 0 aliphatic heterocycles. The number of aromatic nitrogens is 2. The van der Waals surface area contributed by atoms with E-state index in [1.165, 1.54) is 11.3 Å². The van der Waals surface area contributed by atoms with Crippen molar-refractivity contribution in [1.82, 2.24) is 9.55 Å². The predicted molar refractivity (Wildman–Crippen MR) is 58.9 cm³/mol. The zero-order chi connectivity index (χ0) is 10.1. The van der Waals surface area contributed by atoms with Crippen LogP contribution in [0.2, 0.25) is 0 Å². The molecule has 2 heterocycles. The molecule has 2 rings (SSSR count). The van der Waals surface area contributed by atoms with Crippen molar-refractivity contribution in [3.8, 4) is 0 Å². The largest absolute Gasteiger partial charge is 0.299 e. The number of rotatable bonds is 2. The quantitative estimate of drug-likeness (QED) is 0.756. The minimum Gasteiger partial charge on any atom is -0.299 e. The summed E-state index contributed by atoms with van der Waals surface area (Å²) in [6.45, 7) is 2.09. The monoisotopic (exact) mass is 208 g/mol. The molecule has 3 nitrogen and oxygen atoms in total. The highest BCUT2D eigenvalue weighted by Crippen LogP contribution is 2.14. The third-order valence-corrected chi connectivity index (χ3v) is 3.15. The van der Waals surface area contributed by atoms with Crippen molar-refractivity contribution in [1.29, 1.82) is 0 Å². The lowest BCUT2D eigenvalue weighted by atomic mass is 10.3. The Labute approximate surface area is 86.0 Å². The number of nitrogens with zero attached hydrogens (tertiary/aromatic N) is 2. The highest BCUT2D eigenvalue weighted by molar-refractivity contribution is 7.17. The molecule has 0 aliphatic carbocycles. The summed E-state index contributed by atoms with van der Waals surface area (Å²) < 4.78 is 2.41. The molecule has 0 fully saturated rings. The summed E-state index contributed by atoms with van der Waals surface area (Å²) in [4.78, 5) is 16.3. The molecular formula is C10H12N2OS.